The molecule has 138 valence electrons. The lowest BCUT2D eigenvalue weighted by Crippen LogP contribution is -2.63. The molecule has 1 aliphatic heterocycles. The zero-order valence-electron chi connectivity index (χ0n) is 15.9. The van der Waals surface area contributed by atoms with Crippen LogP contribution in [-0.2, 0) is 22.6 Å². The van der Waals surface area contributed by atoms with Crippen molar-refractivity contribution in [3.05, 3.63) is 47.7 Å². The normalized spacial score (nSPS) is 20.2. The molecule has 0 spiro atoms. The monoisotopic (exact) mass is 353 g/mol. The second-order valence-electron chi connectivity index (χ2n) is 7.60. The van der Waals surface area contributed by atoms with Gasteiger partial charge in [-0.25, -0.2) is 0 Å². The molecule has 1 fully saturated rings. The Bertz CT molecular complexity index is 859. The SMILES string of the molecule is CC(C)=CCn1cc(CC2NC(=O)C(C(C)C)NC2=O)c2ccccc21. The molecule has 3 rings (SSSR count). The van der Waals surface area contributed by atoms with Crippen LogP contribution < -0.4 is 10.6 Å². The smallest absolute Gasteiger partial charge is 0.243 e. The predicted octanol–water partition coefficient (Wildman–Crippen LogP) is 2.79. The average Bonchev–Trinajstić information content (AvgIpc) is 2.94. The summed E-state index contributed by atoms with van der Waals surface area (Å²) in [6.07, 6.45) is 4.77. The van der Waals surface area contributed by atoms with E-state index in [-0.39, 0.29) is 17.7 Å². The fourth-order valence-electron chi connectivity index (χ4n) is 3.40. The number of hydrogen-bond acceptors (Lipinski definition) is 2. The van der Waals surface area contributed by atoms with Crippen molar-refractivity contribution in [3.8, 4) is 0 Å². The zero-order valence-corrected chi connectivity index (χ0v) is 15.9. The molecule has 26 heavy (non-hydrogen) atoms. The largest absolute Gasteiger partial charge is 0.343 e. The van der Waals surface area contributed by atoms with Crippen LogP contribution in [0, 0.1) is 5.92 Å². The molecule has 2 aromatic rings. The first kappa shape index (κ1) is 18.2. The molecule has 2 N–H and O–H groups in total. The summed E-state index contributed by atoms with van der Waals surface area (Å²) in [5, 5.41) is 6.89. The molecule has 2 unspecified atom stereocenters. The van der Waals surface area contributed by atoms with E-state index < -0.39 is 12.1 Å². The van der Waals surface area contributed by atoms with Crippen molar-refractivity contribution < 1.29 is 9.59 Å². The molecular formula is C21H27N3O2. The maximum Gasteiger partial charge on any atom is 0.243 e. The first-order valence-electron chi connectivity index (χ1n) is 9.17. The standard InChI is InChI=1S/C21H27N3O2/c1-13(2)9-10-24-12-15(16-7-5-6-8-18(16)24)11-17-20(25)23-19(14(3)4)21(26)22-17/h5-9,12,14,17,19H,10-11H2,1-4H3,(H,22,26)(H,23,25). The van der Waals surface area contributed by atoms with Gasteiger partial charge in [-0.15, -0.1) is 0 Å². The second-order valence-corrected chi connectivity index (χ2v) is 7.60. The number of piperazine rings is 1. The number of para-hydroxylation sites is 1. The highest BCUT2D eigenvalue weighted by Gasteiger charge is 2.35. The Balaban J connectivity index is 1.86. The first-order chi connectivity index (χ1) is 12.4. The van der Waals surface area contributed by atoms with Crippen molar-refractivity contribution in [1.82, 2.24) is 15.2 Å². The molecule has 2 heterocycles. The van der Waals surface area contributed by atoms with Crippen LogP contribution in [0.2, 0.25) is 0 Å². The Labute approximate surface area is 154 Å². The minimum atomic E-state index is -0.528. The van der Waals surface area contributed by atoms with Crippen molar-refractivity contribution in [2.75, 3.05) is 0 Å². The van der Waals surface area contributed by atoms with Crippen LogP contribution in [-0.4, -0.2) is 28.5 Å². The van der Waals surface area contributed by atoms with E-state index in [0.717, 1.165) is 23.0 Å². The number of amides is 2. The average molecular weight is 353 g/mol. The molecule has 2 atom stereocenters. The third-order valence-electron chi connectivity index (χ3n) is 4.87. The van der Waals surface area contributed by atoms with Crippen molar-refractivity contribution in [2.45, 2.75) is 52.7 Å². The van der Waals surface area contributed by atoms with Crippen molar-refractivity contribution in [2.24, 2.45) is 5.92 Å². The third kappa shape index (κ3) is 3.66. The molecule has 5 heteroatoms. The summed E-state index contributed by atoms with van der Waals surface area (Å²) in [4.78, 5) is 24.8. The summed E-state index contributed by atoms with van der Waals surface area (Å²) in [7, 11) is 0. The van der Waals surface area contributed by atoms with Gasteiger partial charge in [0.1, 0.15) is 12.1 Å². The maximum absolute atomic E-state index is 12.5. The molecule has 2 amide bonds. The van der Waals surface area contributed by atoms with E-state index in [9.17, 15) is 9.59 Å². The highest BCUT2D eigenvalue weighted by Crippen LogP contribution is 2.23. The third-order valence-corrected chi connectivity index (χ3v) is 4.87. The maximum atomic E-state index is 12.5. The molecule has 0 saturated carbocycles. The molecule has 0 bridgehead atoms. The number of rotatable bonds is 5. The van der Waals surface area contributed by atoms with Gasteiger partial charge in [-0.1, -0.05) is 43.7 Å². The summed E-state index contributed by atoms with van der Waals surface area (Å²) in [6, 6.07) is 7.21. The van der Waals surface area contributed by atoms with Gasteiger partial charge in [-0.2, -0.15) is 0 Å². The summed E-state index contributed by atoms with van der Waals surface area (Å²) >= 11 is 0. The minimum Gasteiger partial charge on any atom is -0.343 e. The number of carbonyl (C=O) groups is 2. The highest BCUT2D eigenvalue weighted by atomic mass is 16.2. The highest BCUT2D eigenvalue weighted by molar-refractivity contribution is 5.97. The van der Waals surface area contributed by atoms with Gasteiger partial charge in [0.15, 0.2) is 0 Å². The van der Waals surface area contributed by atoms with Gasteiger partial charge in [-0.05, 0) is 31.4 Å². The van der Waals surface area contributed by atoms with Crippen molar-refractivity contribution in [3.63, 3.8) is 0 Å². The Kier molecular flexibility index (Phi) is 5.16. The van der Waals surface area contributed by atoms with Crippen LogP contribution in [0.15, 0.2) is 42.1 Å². The molecule has 1 aliphatic rings. The first-order valence-corrected chi connectivity index (χ1v) is 9.17. The number of hydrogen-bond donors (Lipinski definition) is 2. The van der Waals surface area contributed by atoms with Gasteiger partial charge >= 0.3 is 0 Å². The minimum absolute atomic E-state index is 0.0749. The number of carbonyl (C=O) groups excluding carboxylic acids is 2. The summed E-state index contributed by atoms with van der Waals surface area (Å²) in [6.45, 7) is 8.82. The molecule has 1 aromatic carbocycles. The Morgan fingerprint density at radius 1 is 1.15 bits per heavy atom. The van der Waals surface area contributed by atoms with E-state index in [1.54, 1.807) is 0 Å². The van der Waals surface area contributed by atoms with Crippen LogP contribution in [0.1, 0.15) is 33.3 Å². The van der Waals surface area contributed by atoms with E-state index in [4.69, 9.17) is 0 Å². The second kappa shape index (κ2) is 7.36. The number of nitrogens with zero attached hydrogens (tertiary/aromatic N) is 1. The molecule has 0 aliphatic carbocycles. The lowest BCUT2D eigenvalue weighted by atomic mass is 9.97. The molecular weight excluding hydrogens is 326 g/mol. The fraction of sp³-hybridized carbons (Fsp3) is 0.429. The molecule has 0 radical (unpaired) electrons. The van der Waals surface area contributed by atoms with E-state index in [2.05, 4.69) is 53.5 Å². The van der Waals surface area contributed by atoms with Gasteiger partial charge in [0.2, 0.25) is 11.8 Å². The number of allylic oxidation sites excluding steroid dienone is 2. The number of fused-ring (bicyclic) bond motifs is 1. The number of aromatic nitrogens is 1. The Hall–Kier alpha value is -2.56. The van der Waals surface area contributed by atoms with Crippen LogP contribution in [0.5, 0.6) is 0 Å². The van der Waals surface area contributed by atoms with E-state index >= 15 is 0 Å². The van der Waals surface area contributed by atoms with Gasteiger partial charge in [0.05, 0.1) is 0 Å². The van der Waals surface area contributed by atoms with Crippen LogP contribution in [0.4, 0.5) is 0 Å². The molecule has 1 aromatic heterocycles. The lowest BCUT2D eigenvalue weighted by molar-refractivity contribution is -0.137. The van der Waals surface area contributed by atoms with Crippen LogP contribution >= 0.6 is 0 Å². The van der Waals surface area contributed by atoms with Gasteiger partial charge < -0.3 is 15.2 Å². The topological polar surface area (TPSA) is 63.1 Å². The number of benzene rings is 1. The zero-order chi connectivity index (χ0) is 18.8. The van der Waals surface area contributed by atoms with E-state index in [1.807, 2.05) is 26.0 Å². The fourth-order valence-corrected chi connectivity index (χ4v) is 3.40. The summed E-state index contributed by atoms with van der Waals surface area (Å²) in [5.74, 6) is -0.131. The van der Waals surface area contributed by atoms with Crippen LogP contribution in [0.25, 0.3) is 10.9 Å². The quantitative estimate of drug-likeness (QED) is 0.812. The van der Waals surface area contributed by atoms with Gasteiger partial charge in [0.25, 0.3) is 0 Å². The molecule has 5 nitrogen and oxygen atoms in total. The molecule has 1 saturated heterocycles. The Morgan fingerprint density at radius 3 is 2.58 bits per heavy atom. The lowest BCUT2D eigenvalue weighted by Gasteiger charge is -2.31. The van der Waals surface area contributed by atoms with Gasteiger partial charge in [-0.3, -0.25) is 9.59 Å². The number of nitrogens with one attached hydrogen (secondary N) is 2. The van der Waals surface area contributed by atoms with Crippen LogP contribution in [0.3, 0.4) is 0 Å². The Morgan fingerprint density at radius 2 is 1.88 bits per heavy atom. The van der Waals surface area contributed by atoms with E-state index in [0.29, 0.717) is 6.42 Å². The summed E-state index contributed by atoms with van der Waals surface area (Å²) < 4.78 is 2.19. The summed E-state index contributed by atoms with van der Waals surface area (Å²) in [5.41, 5.74) is 3.48. The predicted molar refractivity (Wildman–Crippen MR) is 104 cm³/mol. The van der Waals surface area contributed by atoms with Crippen molar-refractivity contribution >= 4 is 22.7 Å². The van der Waals surface area contributed by atoms with Crippen molar-refractivity contribution in [1.29, 1.82) is 0 Å². The van der Waals surface area contributed by atoms with E-state index in [1.165, 1.54) is 5.57 Å². The van der Waals surface area contributed by atoms with Gasteiger partial charge in [0, 0.05) is 30.1 Å².